The van der Waals surface area contributed by atoms with Gasteiger partial charge in [0, 0.05) is 19.8 Å². The maximum atomic E-state index is 12.8. The quantitative estimate of drug-likeness (QED) is 0.136. The highest BCUT2D eigenvalue weighted by Crippen LogP contribution is 2.26. The Hall–Kier alpha value is -4.45. The number of unbranched alkanes of at least 4 members (excludes halogenated alkanes) is 1. The van der Waals surface area contributed by atoms with E-state index < -0.39 is 6.09 Å². The average molecular weight is 636 g/mol. The number of allylic oxidation sites excluding steroid dienone is 3. The first-order valence-electron chi connectivity index (χ1n) is 15.1. The van der Waals surface area contributed by atoms with Gasteiger partial charge in [-0.15, -0.1) is 0 Å². The maximum Gasteiger partial charge on any atom is 0.407 e. The number of amides is 3. The van der Waals surface area contributed by atoms with Crippen molar-refractivity contribution in [3.63, 3.8) is 0 Å². The molecule has 242 valence electrons. The van der Waals surface area contributed by atoms with Gasteiger partial charge >= 0.3 is 6.09 Å². The number of carbonyl (C=O) groups excluding carboxylic acids is 3. The predicted octanol–water partition coefficient (Wildman–Crippen LogP) is 4.25. The third-order valence-corrected chi connectivity index (χ3v) is 8.09. The van der Waals surface area contributed by atoms with E-state index in [-0.39, 0.29) is 29.8 Å². The predicted molar refractivity (Wildman–Crippen MR) is 180 cm³/mol. The van der Waals surface area contributed by atoms with Crippen LogP contribution in [0.1, 0.15) is 62.3 Å². The topological polar surface area (TPSA) is 150 Å². The van der Waals surface area contributed by atoms with Gasteiger partial charge in [0.05, 0.1) is 30.5 Å². The lowest BCUT2D eigenvalue weighted by Crippen LogP contribution is -2.40. The van der Waals surface area contributed by atoms with E-state index in [1.807, 2.05) is 74.6 Å². The summed E-state index contributed by atoms with van der Waals surface area (Å²) in [4.78, 5) is 36.9. The zero-order valence-corrected chi connectivity index (χ0v) is 27.3. The zero-order chi connectivity index (χ0) is 32.6. The summed E-state index contributed by atoms with van der Waals surface area (Å²) >= 11 is 1.54. The second kappa shape index (κ2) is 18.4. The van der Waals surface area contributed by atoms with Gasteiger partial charge in [-0.2, -0.15) is 5.10 Å². The Bertz CT molecular complexity index is 1380. The Morgan fingerprint density at radius 3 is 2.51 bits per heavy atom. The number of thioether (sulfide) groups is 1. The van der Waals surface area contributed by atoms with Gasteiger partial charge in [0.15, 0.2) is 5.50 Å². The van der Waals surface area contributed by atoms with Crippen LogP contribution in [-0.4, -0.2) is 54.2 Å². The smallest absolute Gasteiger partial charge is 0.407 e. The SMILES string of the molecule is CCOC(=O)NC(C)c1cccc(CC(=O)NC2SC(CCCC/C(N)=C/C=C(\NC)NC(=O)Cc3ccccc3)=NN2C)c1. The lowest BCUT2D eigenvalue weighted by Gasteiger charge is -2.19. The Balaban J connectivity index is 1.37. The molecule has 3 rings (SSSR count). The van der Waals surface area contributed by atoms with E-state index in [9.17, 15) is 14.4 Å². The highest BCUT2D eigenvalue weighted by Gasteiger charge is 2.25. The van der Waals surface area contributed by atoms with E-state index in [0.29, 0.717) is 25.3 Å². The molecule has 0 aromatic heterocycles. The third kappa shape index (κ3) is 12.6. The van der Waals surface area contributed by atoms with E-state index in [1.165, 1.54) is 11.8 Å². The molecule has 3 amide bonds. The Kier molecular flexibility index (Phi) is 14.3. The highest BCUT2D eigenvalue weighted by molar-refractivity contribution is 8.14. The molecule has 2 aromatic rings. The molecule has 2 unspecified atom stereocenters. The van der Waals surface area contributed by atoms with Crippen molar-refractivity contribution in [1.82, 2.24) is 26.3 Å². The van der Waals surface area contributed by atoms with Crippen molar-refractivity contribution in [2.45, 2.75) is 63.9 Å². The third-order valence-electron chi connectivity index (χ3n) is 6.89. The van der Waals surface area contributed by atoms with Gasteiger partial charge in [0.25, 0.3) is 0 Å². The molecule has 6 N–H and O–H groups in total. The Labute approximate surface area is 270 Å². The second-order valence-corrected chi connectivity index (χ2v) is 11.8. The molecule has 0 bridgehead atoms. The minimum atomic E-state index is -0.470. The summed E-state index contributed by atoms with van der Waals surface area (Å²) in [6, 6.07) is 16.9. The summed E-state index contributed by atoms with van der Waals surface area (Å²) in [5.41, 5.74) is 9.35. The minimum absolute atomic E-state index is 0.104. The van der Waals surface area contributed by atoms with Crippen LogP contribution in [0.15, 0.2) is 83.4 Å². The van der Waals surface area contributed by atoms with Gasteiger partial charge < -0.3 is 31.7 Å². The number of benzene rings is 2. The molecule has 2 aromatic carbocycles. The van der Waals surface area contributed by atoms with Crippen LogP contribution < -0.4 is 27.0 Å². The van der Waals surface area contributed by atoms with Crippen LogP contribution in [0.4, 0.5) is 4.79 Å². The van der Waals surface area contributed by atoms with Crippen LogP contribution >= 0.6 is 11.8 Å². The van der Waals surface area contributed by atoms with E-state index >= 15 is 0 Å². The molecule has 45 heavy (non-hydrogen) atoms. The molecule has 0 fully saturated rings. The number of carbonyl (C=O) groups is 3. The standard InChI is InChI=1S/C33H45N7O4S/c1-5-44-33(43)36-23(2)26-15-11-14-25(20-26)22-30(42)38-32-40(4)39-31(45-32)17-10-9-16-27(34)18-19-28(35-3)37-29(41)21-24-12-7-6-8-13-24/h6-8,11-15,18-20,23,32,35H,5,9-10,16-17,21-22,34H2,1-4H3,(H,36,43)(H,37,41)(H,38,42)/b27-18-,28-19+. The molecule has 12 heteroatoms. The molecule has 0 saturated heterocycles. The number of ether oxygens (including phenoxy) is 1. The van der Waals surface area contributed by atoms with Gasteiger partial charge in [0.2, 0.25) is 11.8 Å². The fourth-order valence-electron chi connectivity index (χ4n) is 4.51. The molecular formula is C33H45N7O4S. The van der Waals surface area contributed by atoms with Crippen LogP contribution in [0.25, 0.3) is 0 Å². The average Bonchev–Trinajstić information content (AvgIpc) is 3.36. The summed E-state index contributed by atoms with van der Waals surface area (Å²) in [5.74, 6) is 0.370. The number of hydrogen-bond donors (Lipinski definition) is 5. The first-order valence-corrected chi connectivity index (χ1v) is 16.0. The van der Waals surface area contributed by atoms with E-state index in [0.717, 1.165) is 46.7 Å². The van der Waals surface area contributed by atoms with Crippen molar-refractivity contribution in [1.29, 1.82) is 0 Å². The number of hydrazone groups is 1. The maximum absolute atomic E-state index is 12.8. The van der Waals surface area contributed by atoms with Crippen LogP contribution in [0.2, 0.25) is 0 Å². The summed E-state index contributed by atoms with van der Waals surface area (Å²) in [7, 11) is 3.59. The summed E-state index contributed by atoms with van der Waals surface area (Å²) in [5, 5.41) is 19.0. The molecule has 1 aliphatic rings. The normalized spacial score (nSPS) is 15.6. The molecule has 1 heterocycles. The van der Waals surface area contributed by atoms with Gasteiger partial charge in [-0.3, -0.25) is 14.6 Å². The minimum Gasteiger partial charge on any atom is -0.450 e. The van der Waals surface area contributed by atoms with Gasteiger partial charge in [-0.05, 0) is 68.4 Å². The Morgan fingerprint density at radius 2 is 1.78 bits per heavy atom. The lowest BCUT2D eigenvalue weighted by molar-refractivity contribution is -0.121. The molecule has 0 saturated carbocycles. The second-order valence-electron chi connectivity index (χ2n) is 10.6. The van der Waals surface area contributed by atoms with Crippen molar-refractivity contribution in [2.24, 2.45) is 10.8 Å². The molecule has 2 atom stereocenters. The number of alkyl carbamates (subject to hydrolysis) is 1. The molecule has 11 nitrogen and oxygen atoms in total. The molecule has 0 radical (unpaired) electrons. The number of nitrogens with zero attached hydrogens (tertiary/aromatic N) is 2. The van der Waals surface area contributed by atoms with Crippen LogP contribution in [0, 0.1) is 0 Å². The monoisotopic (exact) mass is 635 g/mol. The number of nitrogens with two attached hydrogens (primary N) is 1. The first kappa shape index (κ1) is 35.0. The van der Waals surface area contributed by atoms with Crippen molar-refractivity contribution in [3.05, 3.63) is 95.0 Å². The fourth-order valence-corrected chi connectivity index (χ4v) is 5.60. The summed E-state index contributed by atoms with van der Waals surface area (Å²) in [6.07, 6.45) is 6.90. The van der Waals surface area contributed by atoms with Crippen LogP contribution in [0.3, 0.4) is 0 Å². The number of hydrogen-bond acceptors (Lipinski definition) is 9. The molecule has 0 spiro atoms. The molecule has 1 aliphatic heterocycles. The van der Waals surface area contributed by atoms with E-state index in [4.69, 9.17) is 10.5 Å². The zero-order valence-electron chi connectivity index (χ0n) is 26.5. The van der Waals surface area contributed by atoms with Gasteiger partial charge in [-0.1, -0.05) is 66.4 Å². The van der Waals surface area contributed by atoms with Gasteiger partial charge in [0.1, 0.15) is 5.82 Å². The van der Waals surface area contributed by atoms with Gasteiger partial charge in [-0.25, -0.2) is 4.79 Å². The van der Waals surface area contributed by atoms with Crippen molar-refractivity contribution < 1.29 is 19.1 Å². The van der Waals surface area contributed by atoms with Crippen molar-refractivity contribution in [2.75, 3.05) is 20.7 Å². The first-order chi connectivity index (χ1) is 21.7. The van der Waals surface area contributed by atoms with Crippen molar-refractivity contribution in [3.8, 4) is 0 Å². The fraction of sp³-hybridized carbons (Fsp3) is 0.394. The molecule has 0 aliphatic carbocycles. The van der Waals surface area contributed by atoms with Crippen LogP contribution in [-0.2, 0) is 27.2 Å². The van der Waals surface area contributed by atoms with Crippen LogP contribution in [0.5, 0.6) is 0 Å². The largest absolute Gasteiger partial charge is 0.450 e. The number of nitrogens with one attached hydrogen (secondary N) is 4. The number of rotatable bonds is 16. The molecular weight excluding hydrogens is 590 g/mol. The summed E-state index contributed by atoms with van der Waals surface area (Å²) < 4.78 is 4.95. The summed E-state index contributed by atoms with van der Waals surface area (Å²) in [6.45, 7) is 3.93. The Morgan fingerprint density at radius 1 is 1.04 bits per heavy atom. The van der Waals surface area contributed by atoms with E-state index in [1.54, 1.807) is 25.1 Å². The highest BCUT2D eigenvalue weighted by atomic mass is 32.2. The van der Waals surface area contributed by atoms with E-state index in [2.05, 4.69) is 26.4 Å². The van der Waals surface area contributed by atoms with Crippen molar-refractivity contribution >= 4 is 34.7 Å². The lowest BCUT2D eigenvalue weighted by atomic mass is 10.0.